The van der Waals surface area contributed by atoms with Crippen LogP contribution in [0.3, 0.4) is 0 Å². The summed E-state index contributed by atoms with van der Waals surface area (Å²) in [5.74, 6) is 5.01. The van der Waals surface area contributed by atoms with Gasteiger partial charge in [0, 0.05) is 38.6 Å². The number of hydrazine groups is 1. The van der Waals surface area contributed by atoms with Crippen molar-refractivity contribution in [2.45, 2.75) is 32.7 Å². The molecule has 3 N–H and O–H groups in total. The van der Waals surface area contributed by atoms with Crippen LogP contribution < -0.4 is 11.3 Å². The molecule has 0 aliphatic carbocycles. The van der Waals surface area contributed by atoms with Crippen LogP contribution in [0.15, 0.2) is 0 Å². The fraction of sp³-hybridized carbons (Fsp3) is 0.909. The van der Waals surface area contributed by atoms with Crippen molar-refractivity contribution in [3.05, 3.63) is 0 Å². The van der Waals surface area contributed by atoms with Crippen LogP contribution in [0.2, 0.25) is 0 Å². The molecule has 5 heteroatoms. The number of nitrogens with zero attached hydrogens (tertiary/aromatic N) is 2. The van der Waals surface area contributed by atoms with Gasteiger partial charge in [0.25, 0.3) is 0 Å². The van der Waals surface area contributed by atoms with E-state index in [1.54, 1.807) is 0 Å². The minimum Gasteiger partial charge on any atom is -0.301 e. The van der Waals surface area contributed by atoms with Gasteiger partial charge in [-0.15, -0.1) is 0 Å². The van der Waals surface area contributed by atoms with E-state index in [4.69, 9.17) is 5.84 Å². The van der Waals surface area contributed by atoms with Crippen LogP contribution in [0.25, 0.3) is 0 Å². The highest BCUT2D eigenvalue weighted by molar-refractivity contribution is 5.75. The van der Waals surface area contributed by atoms with E-state index >= 15 is 0 Å². The van der Waals surface area contributed by atoms with Gasteiger partial charge in [-0.05, 0) is 19.9 Å². The third-order valence-corrected chi connectivity index (χ3v) is 3.21. The second-order valence-electron chi connectivity index (χ2n) is 4.50. The molecule has 0 aromatic heterocycles. The summed E-state index contributed by atoms with van der Waals surface area (Å²) in [5, 5.41) is 0. The van der Waals surface area contributed by atoms with E-state index in [9.17, 15) is 4.79 Å². The van der Waals surface area contributed by atoms with E-state index in [-0.39, 0.29) is 11.9 Å². The molecular formula is C11H24N4O. The number of amides is 1. The number of hydrogen-bond acceptors (Lipinski definition) is 4. The molecule has 1 rings (SSSR count). The highest BCUT2D eigenvalue weighted by Crippen LogP contribution is 2.09. The molecule has 1 saturated heterocycles. The predicted molar refractivity (Wildman–Crippen MR) is 64.7 cm³/mol. The maximum absolute atomic E-state index is 11.2. The summed E-state index contributed by atoms with van der Waals surface area (Å²) in [6.45, 7) is 9.82. The molecule has 1 fully saturated rings. The van der Waals surface area contributed by atoms with Gasteiger partial charge in [0.15, 0.2) is 0 Å². The van der Waals surface area contributed by atoms with Crippen LogP contribution in [-0.2, 0) is 4.79 Å². The van der Waals surface area contributed by atoms with E-state index in [2.05, 4.69) is 29.1 Å². The highest BCUT2D eigenvalue weighted by Gasteiger charge is 2.21. The molecule has 1 heterocycles. The van der Waals surface area contributed by atoms with Crippen LogP contribution >= 0.6 is 0 Å². The van der Waals surface area contributed by atoms with Crippen molar-refractivity contribution >= 4 is 5.91 Å². The van der Waals surface area contributed by atoms with Gasteiger partial charge in [-0.3, -0.25) is 15.1 Å². The van der Waals surface area contributed by atoms with E-state index in [0.717, 1.165) is 26.2 Å². The first-order valence-corrected chi connectivity index (χ1v) is 6.13. The van der Waals surface area contributed by atoms with Crippen molar-refractivity contribution in [1.29, 1.82) is 0 Å². The molecule has 5 nitrogen and oxygen atoms in total. The zero-order valence-electron chi connectivity index (χ0n) is 10.4. The van der Waals surface area contributed by atoms with E-state index < -0.39 is 0 Å². The molecule has 16 heavy (non-hydrogen) atoms. The van der Waals surface area contributed by atoms with Crippen molar-refractivity contribution in [2.75, 3.05) is 32.7 Å². The summed E-state index contributed by atoms with van der Waals surface area (Å²) in [4.78, 5) is 16.0. The molecule has 0 aromatic rings. The Morgan fingerprint density at radius 2 is 2.00 bits per heavy atom. The summed E-state index contributed by atoms with van der Waals surface area (Å²) in [6.07, 6.45) is 1.70. The Labute approximate surface area is 97.9 Å². The fourth-order valence-corrected chi connectivity index (χ4v) is 2.20. The van der Waals surface area contributed by atoms with Crippen molar-refractivity contribution in [3.63, 3.8) is 0 Å². The molecule has 0 radical (unpaired) electrons. The maximum Gasteiger partial charge on any atom is 0.235 e. The number of rotatable bonds is 5. The van der Waals surface area contributed by atoms with Crippen molar-refractivity contribution in [2.24, 2.45) is 5.84 Å². The van der Waals surface area contributed by atoms with Crippen LogP contribution in [0.1, 0.15) is 26.7 Å². The lowest BCUT2D eigenvalue weighted by molar-refractivity contribution is -0.122. The Morgan fingerprint density at radius 3 is 2.50 bits per heavy atom. The van der Waals surface area contributed by atoms with Gasteiger partial charge in [0.1, 0.15) is 0 Å². The zero-order valence-corrected chi connectivity index (χ0v) is 10.4. The van der Waals surface area contributed by atoms with Crippen molar-refractivity contribution in [3.8, 4) is 0 Å². The highest BCUT2D eigenvalue weighted by atomic mass is 16.2. The summed E-state index contributed by atoms with van der Waals surface area (Å²) in [6, 6.07) is 0.285. The first-order chi connectivity index (χ1) is 7.67. The SMILES string of the molecule is CCCN1CCN(C(C)CC(=O)NN)CC1. The molecule has 1 aliphatic heterocycles. The molecule has 1 aliphatic rings. The molecule has 1 amide bonds. The van der Waals surface area contributed by atoms with Crippen molar-refractivity contribution < 1.29 is 4.79 Å². The Bertz CT molecular complexity index is 214. The Balaban J connectivity index is 2.27. The summed E-state index contributed by atoms with van der Waals surface area (Å²) in [5.41, 5.74) is 2.19. The molecule has 0 saturated carbocycles. The molecule has 0 spiro atoms. The maximum atomic E-state index is 11.2. The Hall–Kier alpha value is -0.650. The van der Waals surface area contributed by atoms with Gasteiger partial charge in [0.2, 0.25) is 5.91 Å². The minimum atomic E-state index is -0.0801. The van der Waals surface area contributed by atoms with E-state index in [1.165, 1.54) is 13.0 Å². The second kappa shape index (κ2) is 6.83. The second-order valence-corrected chi connectivity index (χ2v) is 4.50. The zero-order chi connectivity index (χ0) is 12.0. The van der Waals surface area contributed by atoms with Crippen LogP contribution in [0, 0.1) is 0 Å². The average Bonchev–Trinajstić information content (AvgIpc) is 2.30. The van der Waals surface area contributed by atoms with E-state index in [0.29, 0.717) is 6.42 Å². The largest absolute Gasteiger partial charge is 0.301 e. The third kappa shape index (κ3) is 4.08. The predicted octanol–water partition coefficient (Wildman–Crippen LogP) is -0.217. The van der Waals surface area contributed by atoms with Gasteiger partial charge >= 0.3 is 0 Å². The number of nitrogens with one attached hydrogen (secondary N) is 1. The minimum absolute atomic E-state index is 0.0801. The lowest BCUT2D eigenvalue weighted by Gasteiger charge is -2.37. The lowest BCUT2D eigenvalue weighted by Crippen LogP contribution is -2.50. The quantitative estimate of drug-likeness (QED) is 0.388. The van der Waals surface area contributed by atoms with Crippen molar-refractivity contribution in [1.82, 2.24) is 15.2 Å². The lowest BCUT2D eigenvalue weighted by atomic mass is 10.1. The summed E-state index contributed by atoms with van der Waals surface area (Å²) >= 11 is 0. The summed E-state index contributed by atoms with van der Waals surface area (Å²) in [7, 11) is 0. The first kappa shape index (κ1) is 13.4. The number of carbonyl (C=O) groups excluding carboxylic acids is 1. The van der Waals surface area contributed by atoms with Crippen LogP contribution in [0.4, 0.5) is 0 Å². The molecule has 1 atom stereocenters. The number of piperazine rings is 1. The summed E-state index contributed by atoms with van der Waals surface area (Å²) < 4.78 is 0. The first-order valence-electron chi connectivity index (χ1n) is 6.13. The van der Waals surface area contributed by atoms with Gasteiger partial charge < -0.3 is 4.90 Å². The van der Waals surface area contributed by atoms with Gasteiger partial charge in [-0.2, -0.15) is 0 Å². The Kier molecular flexibility index (Phi) is 5.73. The normalized spacial score (nSPS) is 20.7. The molecule has 94 valence electrons. The van der Waals surface area contributed by atoms with Gasteiger partial charge in [0.05, 0.1) is 0 Å². The fourth-order valence-electron chi connectivity index (χ4n) is 2.20. The number of hydrogen-bond donors (Lipinski definition) is 2. The van der Waals surface area contributed by atoms with Gasteiger partial charge in [-0.1, -0.05) is 6.92 Å². The molecule has 1 unspecified atom stereocenters. The Morgan fingerprint density at radius 1 is 1.38 bits per heavy atom. The van der Waals surface area contributed by atoms with Crippen LogP contribution in [0.5, 0.6) is 0 Å². The molecule has 0 aromatic carbocycles. The standard InChI is InChI=1S/C11H24N4O/c1-3-4-14-5-7-15(8-6-14)10(2)9-11(16)13-12/h10H,3-9,12H2,1-2H3,(H,13,16). The topological polar surface area (TPSA) is 61.6 Å². The molecule has 0 bridgehead atoms. The monoisotopic (exact) mass is 228 g/mol. The smallest absolute Gasteiger partial charge is 0.235 e. The number of carbonyl (C=O) groups is 1. The van der Waals surface area contributed by atoms with E-state index in [1.807, 2.05) is 0 Å². The average molecular weight is 228 g/mol. The number of nitrogens with two attached hydrogens (primary N) is 1. The third-order valence-electron chi connectivity index (χ3n) is 3.21. The van der Waals surface area contributed by atoms with Crippen LogP contribution in [-0.4, -0.2) is 54.5 Å². The molecular weight excluding hydrogens is 204 g/mol. The van der Waals surface area contributed by atoms with Gasteiger partial charge in [-0.25, -0.2) is 5.84 Å².